The van der Waals surface area contributed by atoms with Gasteiger partial charge in [-0.1, -0.05) is 50.1 Å². The number of nitrogens with zero attached hydrogens (tertiary/aromatic N) is 3. The summed E-state index contributed by atoms with van der Waals surface area (Å²) in [7, 11) is 0. The van der Waals surface area contributed by atoms with Crippen LogP contribution in [0.1, 0.15) is 36.7 Å². The van der Waals surface area contributed by atoms with E-state index in [9.17, 15) is 9.90 Å². The van der Waals surface area contributed by atoms with Crippen molar-refractivity contribution in [3.63, 3.8) is 0 Å². The summed E-state index contributed by atoms with van der Waals surface area (Å²) in [5.74, 6) is 3.48. The van der Waals surface area contributed by atoms with Gasteiger partial charge in [0.05, 0.1) is 35.8 Å². The minimum atomic E-state index is -0.376. The Hall–Kier alpha value is -3.95. The number of hydrogen-bond donors (Lipinski definition) is 1. The van der Waals surface area contributed by atoms with Crippen LogP contribution in [0.5, 0.6) is 5.75 Å². The zero-order valence-corrected chi connectivity index (χ0v) is 18.7. The van der Waals surface area contributed by atoms with Gasteiger partial charge in [0.15, 0.2) is 0 Å². The number of aromatic nitrogens is 3. The number of hydrogen-bond acceptors (Lipinski definition) is 5. The second kappa shape index (κ2) is 9.68. The van der Waals surface area contributed by atoms with Gasteiger partial charge in [-0.25, -0.2) is 4.79 Å². The van der Waals surface area contributed by atoms with Crippen molar-refractivity contribution in [2.75, 3.05) is 6.61 Å². The number of aliphatic hydroxyl groups excluding tert-OH is 1. The molecule has 0 amide bonds. The minimum absolute atomic E-state index is 0.148. The molecule has 2 aromatic carbocycles. The molecule has 2 aromatic heterocycles. The van der Waals surface area contributed by atoms with Crippen molar-refractivity contribution >= 4 is 10.9 Å². The first kappa shape index (κ1) is 22.3. The van der Waals surface area contributed by atoms with Gasteiger partial charge in [0.25, 0.3) is 0 Å². The van der Waals surface area contributed by atoms with Crippen molar-refractivity contribution in [2.45, 2.75) is 32.9 Å². The van der Waals surface area contributed by atoms with E-state index in [1.165, 1.54) is 5.56 Å². The van der Waals surface area contributed by atoms with Gasteiger partial charge in [-0.05, 0) is 41.8 Å². The highest BCUT2D eigenvalue weighted by Crippen LogP contribution is 2.30. The third-order valence-electron chi connectivity index (χ3n) is 5.47. The van der Waals surface area contributed by atoms with Crippen LogP contribution in [-0.4, -0.2) is 26.2 Å². The van der Waals surface area contributed by atoms with E-state index >= 15 is 0 Å². The van der Waals surface area contributed by atoms with Crippen molar-refractivity contribution < 1.29 is 9.84 Å². The topological polar surface area (TPSA) is 77.2 Å². The van der Waals surface area contributed by atoms with E-state index in [1.54, 1.807) is 16.7 Å². The van der Waals surface area contributed by atoms with Crippen LogP contribution in [0.25, 0.3) is 22.2 Å². The molecule has 6 heteroatoms. The molecule has 0 aliphatic rings. The molecule has 0 aliphatic heterocycles. The predicted molar refractivity (Wildman–Crippen MR) is 129 cm³/mol. The van der Waals surface area contributed by atoms with Crippen molar-refractivity contribution in [2.24, 2.45) is 0 Å². The lowest BCUT2D eigenvalue weighted by Gasteiger charge is -2.15. The lowest BCUT2D eigenvalue weighted by Crippen LogP contribution is -2.25. The molecule has 0 atom stereocenters. The molecule has 1 N–H and O–H groups in total. The Bertz CT molecular complexity index is 1380. The van der Waals surface area contributed by atoms with Crippen molar-refractivity contribution in [1.82, 2.24) is 14.5 Å². The Morgan fingerprint density at radius 2 is 1.82 bits per heavy atom. The van der Waals surface area contributed by atoms with Gasteiger partial charge in [0.1, 0.15) is 12.4 Å². The highest BCUT2D eigenvalue weighted by atomic mass is 16.5. The van der Waals surface area contributed by atoms with Gasteiger partial charge in [-0.3, -0.25) is 9.55 Å². The van der Waals surface area contributed by atoms with E-state index in [4.69, 9.17) is 11.2 Å². The monoisotopic (exact) mass is 439 g/mol. The second-order valence-corrected chi connectivity index (χ2v) is 8.06. The standard InChI is InChI=1S/C27H25N3O3/c1-4-14-33-23-12-13-25-24(15-23)26(20-10-8-19(9-11-20)18(2)3)29-27(32)30(25)16-21-6-5-7-22(17-31)28-21/h1,5-13,15,18,31H,14,16-17H2,2-3H3. The van der Waals surface area contributed by atoms with Crippen molar-refractivity contribution in [3.05, 3.63) is 88.1 Å². The molecule has 0 fully saturated rings. The van der Waals surface area contributed by atoms with Gasteiger partial charge in [-0.15, -0.1) is 6.42 Å². The van der Waals surface area contributed by atoms with E-state index in [1.807, 2.05) is 36.4 Å². The summed E-state index contributed by atoms with van der Waals surface area (Å²) in [5, 5.41) is 10.2. The summed E-state index contributed by atoms with van der Waals surface area (Å²) in [5.41, 5.74) is 4.19. The summed E-state index contributed by atoms with van der Waals surface area (Å²) in [6.45, 7) is 4.49. The van der Waals surface area contributed by atoms with E-state index in [0.29, 0.717) is 34.3 Å². The number of aliphatic hydroxyl groups is 1. The van der Waals surface area contributed by atoms with Crippen LogP contribution in [0.4, 0.5) is 0 Å². The van der Waals surface area contributed by atoms with Crippen molar-refractivity contribution in [3.8, 4) is 29.4 Å². The van der Waals surface area contributed by atoms with Gasteiger partial charge in [0, 0.05) is 10.9 Å². The van der Waals surface area contributed by atoms with Crippen LogP contribution in [0.2, 0.25) is 0 Å². The normalized spacial score (nSPS) is 11.0. The summed E-state index contributed by atoms with van der Waals surface area (Å²) in [4.78, 5) is 22.0. The van der Waals surface area contributed by atoms with Crippen LogP contribution >= 0.6 is 0 Å². The van der Waals surface area contributed by atoms with Gasteiger partial charge in [-0.2, -0.15) is 4.98 Å². The average Bonchev–Trinajstić information content (AvgIpc) is 2.84. The lowest BCUT2D eigenvalue weighted by atomic mass is 9.99. The number of rotatable bonds is 7. The molecule has 0 bridgehead atoms. The molecule has 4 aromatic rings. The molecule has 0 saturated heterocycles. The molecule has 0 aliphatic carbocycles. The molecule has 4 rings (SSSR count). The van der Waals surface area contributed by atoms with Crippen LogP contribution in [0, 0.1) is 12.3 Å². The largest absolute Gasteiger partial charge is 0.481 e. The number of ether oxygens (including phenoxy) is 1. The highest BCUT2D eigenvalue weighted by Gasteiger charge is 2.15. The van der Waals surface area contributed by atoms with E-state index < -0.39 is 0 Å². The fraction of sp³-hybridized carbons (Fsp3) is 0.222. The van der Waals surface area contributed by atoms with Crippen LogP contribution < -0.4 is 10.4 Å². The smallest absolute Gasteiger partial charge is 0.348 e. The third kappa shape index (κ3) is 4.79. The number of benzene rings is 2. The van der Waals surface area contributed by atoms with E-state index in [0.717, 1.165) is 10.9 Å². The molecular formula is C27H25N3O3. The Labute approximate surface area is 192 Å². The molecule has 2 heterocycles. The Morgan fingerprint density at radius 1 is 1.06 bits per heavy atom. The number of terminal acetylenes is 1. The zero-order valence-electron chi connectivity index (χ0n) is 18.7. The Kier molecular flexibility index (Phi) is 6.53. The maximum Gasteiger partial charge on any atom is 0.348 e. The molecular weight excluding hydrogens is 414 g/mol. The van der Waals surface area contributed by atoms with E-state index in [2.05, 4.69) is 41.9 Å². The quantitative estimate of drug-likeness (QED) is 0.438. The first-order valence-electron chi connectivity index (χ1n) is 10.8. The SMILES string of the molecule is C#CCOc1ccc2c(c1)c(-c1ccc(C(C)C)cc1)nc(=O)n2Cc1cccc(CO)n1. The first-order chi connectivity index (χ1) is 16.0. The van der Waals surface area contributed by atoms with Crippen LogP contribution in [-0.2, 0) is 13.2 Å². The summed E-state index contributed by atoms with van der Waals surface area (Å²) in [6, 6.07) is 18.9. The fourth-order valence-corrected chi connectivity index (χ4v) is 3.74. The molecule has 0 unspecified atom stereocenters. The van der Waals surface area contributed by atoms with Crippen LogP contribution in [0.15, 0.2) is 65.5 Å². The Morgan fingerprint density at radius 3 is 2.52 bits per heavy atom. The maximum absolute atomic E-state index is 13.1. The summed E-state index contributed by atoms with van der Waals surface area (Å²) < 4.78 is 7.21. The minimum Gasteiger partial charge on any atom is -0.481 e. The number of pyridine rings is 1. The lowest BCUT2D eigenvalue weighted by molar-refractivity contribution is 0.276. The maximum atomic E-state index is 13.1. The molecule has 0 spiro atoms. The van der Waals surface area contributed by atoms with Gasteiger partial charge in [0.2, 0.25) is 0 Å². The average molecular weight is 440 g/mol. The second-order valence-electron chi connectivity index (χ2n) is 8.06. The Balaban J connectivity index is 1.88. The third-order valence-corrected chi connectivity index (χ3v) is 5.47. The molecule has 33 heavy (non-hydrogen) atoms. The number of fused-ring (bicyclic) bond motifs is 1. The molecule has 0 saturated carbocycles. The first-order valence-corrected chi connectivity index (χ1v) is 10.8. The van der Waals surface area contributed by atoms with Gasteiger partial charge >= 0.3 is 5.69 Å². The van der Waals surface area contributed by atoms with Crippen LogP contribution in [0.3, 0.4) is 0 Å². The fourth-order valence-electron chi connectivity index (χ4n) is 3.74. The van der Waals surface area contributed by atoms with E-state index in [-0.39, 0.29) is 25.4 Å². The molecule has 6 nitrogen and oxygen atoms in total. The van der Waals surface area contributed by atoms with Crippen molar-refractivity contribution in [1.29, 1.82) is 0 Å². The zero-order chi connectivity index (χ0) is 23.4. The van der Waals surface area contributed by atoms with Gasteiger partial charge < -0.3 is 9.84 Å². The highest BCUT2D eigenvalue weighted by molar-refractivity contribution is 5.93. The summed E-state index contributed by atoms with van der Waals surface area (Å²) >= 11 is 0. The summed E-state index contributed by atoms with van der Waals surface area (Å²) in [6.07, 6.45) is 5.34. The molecule has 0 radical (unpaired) electrons. The predicted octanol–water partition coefficient (Wildman–Crippen LogP) is 4.13. The molecule has 166 valence electrons.